The highest BCUT2D eigenvalue weighted by Gasteiger charge is 2.23. The van der Waals surface area contributed by atoms with Gasteiger partial charge in [-0.1, -0.05) is 237 Å². The zero-order chi connectivity index (χ0) is 65.8. The molecule has 0 N–H and O–H groups in total. The monoisotopic (exact) mass is 1280 g/mol. The second-order valence-corrected chi connectivity index (χ2v) is 25.4. The summed E-state index contributed by atoms with van der Waals surface area (Å²) in [5.74, 6) is 3.57. The molecule has 0 unspecified atom stereocenters. The second-order valence-electron chi connectivity index (χ2n) is 25.4. The third-order valence-electron chi connectivity index (χ3n) is 19.4. The van der Waals surface area contributed by atoms with Crippen LogP contribution in [-0.2, 0) is 0 Å². The molecule has 0 bridgehead atoms. The number of rotatable bonds is 11. The van der Waals surface area contributed by atoms with Crippen molar-refractivity contribution in [1.82, 2.24) is 39.0 Å². The van der Waals surface area contributed by atoms with Gasteiger partial charge in [0.1, 0.15) is 22.3 Å². The molecule has 10 heteroatoms. The fourth-order valence-electron chi connectivity index (χ4n) is 14.7. The summed E-state index contributed by atoms with van der Waals surface area (Å²) < 4.78 is 17.8. The van der Waals surface area contributed by atoms with Gasteiger partial charge in [0.2, 0.25) is 0 Å². The van der Waals surface area contributed by atoms with E-state index in [4.69, 9.17) is 38.7 Å². The Morgan fingerprint density at radius 3 is 1.12 bits per heavy atom. The summed E-state index contributed by atoms with van der Waals surface area (Å²) in [7, 11) is 0. The van der Waals surface area contributed by atoms with E-state index in [1.165, 1.54) is 10.8 Å². The molecule has 0 amide bonds. The Morgan fingerprint density at radius 2 is 0.570 bits per heavy atom. The van der Waals surface area contributed by atoms with E-state index >= 15 is 0 Å². The predicted octanol–water partition coefficient (Wildman–Crippen LogP) is 23.1. The van der Waals surface area contributed by atoms with Crippen molar-refractivity contribution >= 4 is 87.5 Å². The SMILES string of the molecule is c1ccc(-c2nc(-c3ccccc3)nc(-c3cccc(-c4ccc(-n5c6cc7oc8ccccc8c7cc6c6c(-c7cccc(-c8nc(-c9ccccc9)nc(-c9cccc(-c%10cccc(-n%11c%12ccccc%12c%12cc%13c(cc%12%11)oc%11ccccc%11%13)c%10)c9)n8)c7)cccc65)cc4)c3)n2)cc1. The van der Waals surface area contributed by atoms with Crippen LogP contribution in [0.5, 0.6) is 0 Å². The minimum atomic E-state index is 0.567. The van der Waals surface area contributed by atoms with Crippen molar-refractivity contribution in [3.63, 3.8) is 0 Å². The van der Waals surface area contributed by atoms with Crippen LogP contribution in [-0.4, -0.2) is 39.0 Å². The summed E-state index contributed by atoms with van der Waals surface area (Å²) in [6.45, 7) is 0. The van der Waals surface area contributed by atoms with Crippen molar-refractivity contribution in [2.45, 2.75) is 0 Å². The number of para-hydroxylation sites is 3. The molecule has 466 valence electrons. The van der Waals surface area contributed by atoms with Gasteiger partial charge in [-0.05, 0) is 112 Å². The van der Waals surface area contributed by atoms with Gasteiger partial charge in [-0.25, -0.2) is 29.9 Å². The summed E-state index contributed by atoms with van der Waals surface area (Å²) in [4.78, 5) is 30.9. The lowest BCUT2D eigenvalue weighted by molar-refractivity contribution is 0.669. The highest BCUT2D eigenvalue weighted by Crippen LogP contribution is 2.45. The number of nitrogens with zero attached hydrogens (tertiary/aromatic N) is 8. The topological polar surface area (TPSA) is 113 Å². The Labute approximate surface area is 572 Å². The van der Waals surface area contributed by atoms with Crippen LogP contribution >= 0.6 is 0 Å². The quantitative estimate of drug-likeness (QED) is 0.126. The first-order valence-corrected chi connectivity index (χ1v) is 33.5. The molecule has 0 fully saturated rings. The number of benzene rings is 14. The Bertz CT molecular complexity index is 6590. The van der Waals surface area contributed by atoms with E-state index in [2.05, 4.69) is 234 Å². The van der Waals surface area contributed by atoms with E-state index in [1.807, 2.05) is 103 Å². The molecular weight excluding hydrogens is 1230 g/mol. The van der Waals surface area contributed by atoms with Crippen molar-refractivity contribution in [2.75, 3.05) is 0 Å². The third-order valence-corrected chi connectivity index (χ3v) is 19.4. The first kappa shape index (κ1) is 56.6. The Hall–Kier alpha value is -13.7. The molecular formula is C90H54N8O2. The standard InChI is InChI=1S/C90H54N8O2/c1-4-21-56(22-5-1)85-91-86(57-23-6-2-7-24-57)93-88(92-85)63-31-16-27-59(47-63)55-43-45-66(46-44-55)97-77-40-20-38-68(84(77)75-52-74-71-37-12-15-42-81(71)100-83(74)54-79(75)97)62-30-18-33-65(49-62)90-95-87(58-25-8-3-9-26-58)94-89(96-90)64-32-17-28-60(48-64)61-29-19-34-67(50-61)98-76-39-13-10-35-69(76)72-51-73-70-36-11-14-41-80(70)99-82(73)53-78(72)98/h1-54H. The lowest BCUT2D eigenvalue weighted by Gasteiger charge is -2.12. The summed E-state index contributed by atoms with van der Waals surface area (Å²) in [5, 5.41) is 8.93. The zero-order valence-electron chi connectivity index (χ0n) is 53.6. The van der Waals surface area contributed by atoms with Crippen molar-refractivity contribution in [2.24, 2.45) is 0 Å². The van der Waals surface area contributed by atoms with Gasteiger partial charge in [0.15, 0.2) is 34.9 Å². The van der Waals surface area contributed by atoms with Gasteiger partial charge in [0.05, 0.1) is 22.1 Å². The van der Waals surface area contributed by atoms with Gasteiger partial charge in [0, 0.05) is 100.0 Å². The summed E-state index contributed by atoms with van der Waals surface area (Å²) in [6, 6.07) is 114. The van der Waals surface area contributed by atoms with E-state index < -0.39 is 0 Å². The van der Waals surface area contributed by atoms with Gasteiger partial charge < -0.3 is 18.0 Å². The van der Waals surface area contributed by atoms with Crippen LogP contribution in [0, 0.1) is 0 Å². The maximum atomic E-state index is 6.64. The molecule has 20 rings (SSSR count). The lowest BCUT2D eigenvalue weighted by atomic mass is 9.97. The number of hydrogen-bond acceptors (Lipinski definition) is 8. The van der Waals surface area contributed by atoms with Gasteiger partial charge in [-0.2, -0.15) is 0 Å². The van der Waals surface area contributed by atoms with E-state index in [0.29, 0.717) is 34.9 Å². The van der Waals surface area contributed by atoms with Crippen LogP contribution in [0.2, 0.25) is 0 Å². The van der Waals surface area contributed by atoms with E-state index in [9.17, 15) is 0 Å². The predicted molar refractivity (Wildman–Crippen MR) is 405 cm³/mol. The Kier molecular flexibility index (Phi) is 13.0. The fourth-order valence-corrected chi connectivity index (χ4v) is 14.7. The lowest BCUT2D eigenvalue weighted by Crippen LogP contribution is -2.00. The third kappa shape index (κ3) is 9.56. The van der Waals surface area contributed by atoms with Gasteiger partial charge in [-0.15, -0.1) is 0 Å². The highest BCUT2D eigenvalue weighted by molar-refractivity contribution is 6.21. The molecule has 0 aliphatic heterocycles. The molecule has 100 heavy (non-hydrogen) atoms. The highest BCUT2D eigenvalue weighted by atomic mass is 16.3. The maximum Gasteiger partial charge on any atom is 0.164 e. The number of hydrogen-bond donors (Lipinski definition) is 0. The van der Waals surface area contributed by atoms with E-state index in [1.54, 1.807) is 0 Å². The minimum Gasteiger partial charge on any atom is -0.456 e. The summed E-state index contributed by atoms with van der Waals surface area (Å²) in [6.07, 6.45) is 0. The largest absolute Gasteiger partial charge is 0.456 e. The Morgan fingerprint density at radius 1 is 0.190 bits per heavy atom. The minimum absolute atomic E-state index is 0.567. The molecule has 0 spiro atoms. The number of fused-ring (bicyclic) bond motifs is 12. The molecule has 0 aliphatic carbocycles. The van der Waals surface area contributed by atoms with E-state index in [-0.39, 0.29) is 0 Å². The molecule has 0 atom stereocenters. The maximum absolute atomic E-state index is 6.64. The first-order chi connectivity index (χ1) is 49.5. The van der Waals surface area contributed by atoms with Crippen molar-refractivity contribution in [3.05, 3.63) is 328 Å². The van der Waals surface area contributed by atoms with Crippen LogP contribution < -0.4 is 0 Å². The van der Waals surface area contributed by atoms with Crippen molar-refractivity contribution in [1.29, 1.82) is 0 Å². The average molecular weight is 1280 g/mol. The molecule has 6 heterocycles. The average Bonchev–Trinajstić information content (AvgIpc) is 1.57. The van der Waals surface area contributed by atoms with Crippen molar-refractivity contribution < 1.29 is 8.83 Å². The number of furan rings is 2. The molecule has 0 saturated heterocycles. The van der Waals surface area contributed by atoms with Crippen LogP contribution in [0.15, 0.2) is 336 Å². The van der Waals surface area contributed by atoms with Gasteiger partial charge in [-0.3, -0.25) is 0 Å². The molecule has 6 aromatic heterocycles. The number of aromatic nitrogens is 8. The summed E-state index contributed by atoms with van der Waals surface area (Å²) in [5.41, 5.74) is 21.4. The van der Waals surface area contributed by atoms with Crippen LogP contribution in [0.25, 0.3) is 201 Å². The molecule has 0 saturated carbocycles. The van der Waals surface area contributed by atoms with Crippen molar-refractivity contribution in [3.8, 4) is 113 Å². The van der Waals surface area contributed by atoms with Gasteiger partial charge in [0.25, 0.3) is 0 Å². The van der Waals surface area contributed by atoms with Crippen LogP contribution in [0.4, 0.5) is 0 Å². The zero-order valence-corrected chi connectivity index (χ0v) is 53.6. The summed E-state index contributed by atoms with van der Waals surface area (Å²) >= 11 is 0. The second kappa shape index (κ2) is 23.0. The molecule has 20 aromatic rings. The molecule has 10 nitrogen and oxygen atoms in total. The van der Waals surface area contributed by atoms with E-state index in [0.717, 1.165) is 155 Å². The molecule has 14 aromatic carbocycles. The van der Waals surface area contributed by atoms with Crippen LogP contribution in [0.1, 0.15) is 0 Å². The first-order valence-electron chi connectivity index (χ1n) is 33.5. The molecule has 0 radical (unpaired) electrons. The smallest absolute Gasteiger partial charge is 0.164 e. The molecule has 0 aliphatic rings. The Balaban J connectivity index is 0.680. The normalized spacial score (nSPS) is 11.8. The van der Waals surface area contributed by atoms with Crippen LogP contribution in [0.3, 0.4) is 0 Å². The fraction of sp³-hybridized carbons (Fsp3) is 0. The van der Waals surface area contributed by atoms with Gasteiger partial charge >= 0.3 is 0 Å².